The first-order valence-corrected chi connectivity index (χ1v) is 9.88. The summed E-state index contributed by atoms with van der Waals surface area (Å²) in [6, 6.07) is 8.25. The topological polar surface area (TPSA) is 76.7 Å². The zero-order chi connectivity index (χ0) is 19.8. The first-order valence-electron chi connectivity index (χ1n) is 9.00. The summed E-state index contributed by atoms with van der Waals surface area (Å²) in [6.07, 6.45) is 0. The molecule has 2 N–H and O–H groups in total. The average Bonchev–Trinajstić information content (AvgIpc) is 3.18. The van der Waals surface area contributed by atoms with Crippen LogP contribution in [0.1, 0.15) is 49.0 Å². The Bertz CT molecular complexity index is 761. The molecule has 2 rings (SSSR count). The van der Waals surface area contributed by atoms with Gasteiger partial charge in [0.15, 0.2) is 11.5 Å². The molecule has 0 saturated carbocycles. The van der Waals surface area contributed by atoms with Crippen molar-refractivity contribution in [3.05, 3.63) is 46.2 Å². The highest BCUT2D eigenvalue weighted by molar-refractivity contribution is 7.12. The summed E-state index contributed by atoms with van der Waals surface area (Å²) in [5.41, 5.74) is 0.895. The zero-order valence-corrected chi connectivity index (χ0v) is 16.9. The molecule has 0 spiro atoms. The summed E-state index contributed by atoms with van der Waals surface area (Å²) >= 11 is 1.34. The molecular weight excluding hydrogens is 364 g/mol. The summed E-state index contributed by atoms with van der Waals surface area (Å²) in [5, 5.41) is 7.45. The smallest absolute Gasteiger partial charge is 0.261 e. The van der Waals surface area contributed by atoms with Gasteiger partial charge in [-0.25, -0.2) is 0 Å². The van der Waals surface area contributed by atoms with Crippen molar-refractivity contribution >= 4 is 23.2 Å². The van der Waals surface area contributed by atoms with Crippen molar-refractivity contribution < 1.29 is 19.1 Å². The summed E-state index contributed by atoms with van der Waals surface area (Å²) in [4.78, 5) is 25.1. The molecule has 0 radical (unpaired) electrons. The number of rotatable bonds is 9. The van der Waals surface area contributed by atoms with Gasteiger partial charge in [-0.1, -0.05) is 12.1 Å². The third kappa shape index (κ3) is 5.72. The normalized spacial score (nSPS) is 12.7. The first kappa shape index (κ1) is 20.8. The van der Waals surface area contributed by atoms with Gasteiger partial charge in [0.25, 0.3) is 5.91 Å². The molecule has 2 atom stereocenters. The van der Waals surface area contributed by atoms with Crippen molar-refractivity contribution in [3.8, 4) is 11.5 Å². The number of carbonyl (C=O) groups excluding carboxylic acids is 2. The van der Waals surface area contributed by atoms with E-state index in [0.717, 1.165) is 5.56 Å². The Morgan fingerprint density at radius 2 is 1.74 bits per heavy atom. The largest absolute Gasteiger partial charge is 0.490 e. The number of amides is 2. The molecule has 0 fully saturated rings. The van der Waals surface area contributed by atoms with E-state index in [9.17, 15) is 9.59 Å². The van der Waals surface area contributed by atoms with Crippen molar-refractivity contribution in [1.82, 2.24) is 10.6 Å². The lowest BCUT2D eigenvalue weighted by atomic mass is 10.1. The van der Waals surface area contributed by atoms with Gasteiger partial charge in [0, 0.05) is 0 Å². The van der Waals surface area contributed by atoms with E-state index in [1.165, 1.54) is 11.3 Å². The second kappa shape index (κ2) is 9.97. The number of hydrogen-bond acceptors (Lipinski definition) is 5. The predicted molar refractivity (Wildman–Crippen MR) is 107 cm³/mol. The molecule has 2 unspecified atom stereocenters. The molecule has 1 aromatic heterocycles. The Morgan fingerprint density at radius 1 is 1.04 bits per heavy atom. The minimum atomic E-state index is -0.642. The van der Waals surface area contributed by atoms with Crippen molar-refractivity contribution in [2.45, 2.75) is 39.8 Å². The van der Waals surface area contributed by atoms with Gasteiger partial charge < -0.3 is 20.1 Å². The van der Waals surface area contributed by atoms with Crippen molar-refractivity contribution in [3.63, 3.8) is 0 Å². The van der Waals surface area contributed by atoms with Gasteiger partial charge in [-0.15, -0.1) is 11.3 Å². The van der Waals surface area contributed by atoms with Crippen LogP contribution in [0.3, 0.4) is 0 Å². The Kier molecular flexibility index (Phi) is 7.67. The molecule has 0 aliphatic carbocycles. The zero-order valence-electron chi connectivity index (χ0n) is 16.1. The van der Waals surface area contributed by atoms with Gasteiger partial charge in [0.1, 0.15) is 6.04 Å². The van der Waals surface area contributed by atoms with Crippen LogP contribution in [0.4, 0.5) is 0 Å². The van der Waals surface area contributed by atoms with Crippen molar-refractivity contribution in [2.75, 3.05) is 13.2 Å². The van der Waals surface area contributed by atoms with Crippen LogP contribution >= 0.6 is 11.3 Å². The number of hydrogen-bond donors (Lipinski definition) is 2. The maximum Gasteiger partial charge on any atom is 0.261 e. The van der Waals surface area contributed by atoms with E-state index >= 15 is 0 Å². The first-order chi connectivity index (χ1) is 13.0. The van der Waals surface area contributed by atoms with Crippen LogP contribution in [0.25, 0.3) is 0 Å². The number of ether oxygens (including phenoxy) is 2. The summed E-state index contributed by atoms with van der Waals surface area (Å²) < 4.78 is 11.2. The molecule has 27 heavy (non-hydrogen) atoms. The van der Waals surface area contributed by atoms with E-state index < -0.39 is 6.04 Å². The molecule has 0 bridgehead atoms. The molecule has 2 aromatic rings. The lowest BCUT2D eigenvalue weighted by molar-refractivity contribution is -0.123. The fraction of sp³-hybridized carbons (Fsp3) is 0.400. The molecule has 0 saturated heterocycles. The lowest BCUT2D eigenvalue weighted by Gasteiger charge is -2.20. The summed E-state index contributed by atoms with van der Waals surface area (Å²) in [5.74, 6) is 0.828. The van der Waals surface area contributed by atoms with E-state index in [1.54, 1.807) is 19.1 Å². The van der Waals surface area contributed by atoms with Crippen LogP contribution in [0.5, 0.6) is 11.5 Å². The Balaban J connectivity index is 2.00. The Morgan fingerprint density at radius 3 is 2.37 bits per heavy atom. The van der Waals surface area contributed by atoms with Gasteiger partial charge in [-0.05, 0) is 56.8 Å². The van der Waals surface area contributed by atoms with Crippen molar-refractivity contribution in [2.24, 2.45) is 0 Å². The fourth-order valence-electron chi connectivity index (χ4n) is 2.50. The maximum absolute atomic E-state index is 12.4. The number of nitrogens with one attached hydrogen (secondary N) is 2. The number of thiophene rings is 1. The summed E-state index contributed by atoms with van der Waals surface area (Å²) in [6.45, 7) is 8.45. The molecular formula is C20H26N2O4S. The number of benzene rings is 1. The Hall–Kier alpha value is -2.54. The van der Waals surface area contributed by atoms with Crippen LogP contribution in [0, 0.1) is 0 Å². The van der Waals surface area contributed by atoms with Crippen LogP contribution in [0.15, 0.2) is 35.7 Å². The highest BCUT2D eigenvalue weighted by atomic mass is 32.1. The van der Waals surface area contributed by atoms with Crippen LogP contribution < -0.4 is 20.1 Å². The van der Waals surface area contributed by atoms with E-state index in [1.807, 2.05) is 44.4 Å². The van der Waals surface area contributed by atoms with Crippen LogP contribution in [-0.4, -0.2) is 31.1 Å². The molecule has 2 amide bonds. The van der Waals surface area contributed by atoms with Gasteiger partial charge in [-0.2, -0.15) is 0 Å². The molecule has 1 aromatic carbocycles. The molecule has 0 aliphatic rings. The molecule has 1 heterocycles. The average molecular weight is 391 g/mol. The molecule has 6 nitrogen and oxygen atoms in total. The maximum atomic E-state index is 12.4. The SMILES string of the molecule is CCOc1ccc(C(C)NC(=O)C(C)NC(=O)c2cccs2)cc1OCC. The minimum Gasteiger partial charge on any atom is -0.490 e. The van der Waals surface area contributed by atoms with Gasteiger partial charge in [0.2, 0.25) is 5.91 Å². The number of carbonyl (C=O) groups is 2. The third-order valence-corrected chi connectivity index (χ3v) is 4.78. The van der Waals surface area contributed by atoms with Crippen LogP contribution in [0.2, 0.25) is 0 Å². The lowest BCUT2D eigenvalue weighted by Crippen LogP contribution is -2.45. The second-order valence-corrected chi connectivity index (χ2v) is 6.92. The van der Waals surface area contributed by atoms with E-state index in [-0.39, 0.29) is 17.9 Å². The third-order valence-electron chi connectivity index (χ3n) is 3.91. The standard InChI is InChI=1S/C20H26N2O4S/c1-5-25-16-10-9-15(12-17(16)26-6-2)13(3)21-19(23)14(4)22-20(24)18-8-7-11-27-18/h7-14H,5-6H2,1-4H3,(H,21,23)(H,22,24). The van der Waals surface area contributed by atoms with E-state index in [4.69, 9.17) is 9.47 Å². The highest BCUT2D eigenvalue weighted by Gasteiger charge is 2.20. The van der Waals surface area contributed by atoms with Gasteiger partial charge >= 0.3 is 0 Å². The van der Waals surface area contributed by atoms with E-state index in [2.05, 4.69) is 10.6 Å². The second-order valence-electron chi connectivity index (χ2n) is 5.97. The minimum absolute atomic E-state index is 0.242. The van der Waals surface area contributed by atoms with Crippen LogP contribution in [-0.2, 0) is 4.79 Å². The predicted octanol–water partition coefficient (Wildman–Crippen LogP) is 3.54. The monoisotopic (exact) mass is 390 g/mol. The quantitative estimate of drug-likeness (QED) is 0.687. The molecule has 146 valence electrons. The highest BCUT2D eigenvalue weighted by Crippen LogP contribution is 2.30. The van der Waals surface area contributed by atoms with Gasteiger partial charge in [0.05, 0.1) is 24.1 Å². The molecule has 7 heteroatoms. The van der Waals surface area contributed by atoms with Crippen molar-refractivity contribution in [1.29, 1.82) is 0 Å². The molecule has 0 aliphatic heterocycles. The fourth-order valence-corrected chi connectivity index (χ4v) is 3.13. The van der Waals surface area contributed by atoms with E-state index in [0.29, 0.717) is 29.6 Å². The van der Waals surface area contributed by atoms with Gasteiger partial charge in [-0.3, -0.25) is 9.59 Å². The Labute approximate surface area is 163 Å². The summed E-state index contributed by atoms with van der Waals surface area (Å²) in [7, 11) is 0.